The van der Waals surface area contributed by atoms with Crippen LogP contribution >= 0.6 is 0 Å². The van der Waals surface area contributed by atoms with Gasteiger partial charge in [-0.3, -0.25) is 0 Å². The Balaban J connectivity index is 0. The Bertz CT molecular complexity index is 312. The zero-order valence-corrected chi connectivity index (χ0v) is 9.41. The van der Waals surface area contributed by atoms with Crippen molar-refractivity contribution in [2.75, 3.05) is 0 Å². The predicted molar refractivity (Wildman–Crippen MR) is 57.0 cm³/mol. The molecule has 0 aliphatic rings. The summed E-state index contributed by atoms with van der Waals surface area (Å²) in [5.74, 6) is -3.08. The molecule has 0 heterocycles. The number of carbonyl (C=O) groups is 3. The van der Waals surface area contributed by atoms with Gasteiger partial charge in [-0.05, 0) is 13.8 Å². The van der Waals surface area contributed by atoms with E-state index in [1.165, 1.54) is 13.8 Å². The van der Waals surface area contributed by atoms with E-state index in [0.29, 0.717) is 12.2 Å². The van der Waals surface area contributed by atoms with Crippen molar-refractivity contribution in [3.63, 3.8) is 0 Å². The van der Waals surface area contributed by atoms with Crippen LogP contribution in [0.3, 0.4) is 0 Å². The smallest absolute Gasteiger partial charge is 0.335 e. The maximum Gasteiger partial charge on any atom is 0.335 e. The molecule has 1 atom stereocenters. The van der Waals surface area contributed by atoms with Gasteiger partial charge in [-0.25, -0.2) is 14.4 Å². The molecule has 0 amide bonds. The van der Waals surface area contributed by atoms with Crippen LogP contribution < -0.4 is 0 Å². The molecule has 0 radical (unpaired) electrons. The van der Waals surface area contributed by atoms with E-state index >= 15 is 0 Å². The number of hydrogen-bond donors (Lipinski definition) is 3. The number of aliphatic hydroxyl groups excluding tert-OH is 1. The van der Waals surface area contributed by atoms with E-state index < -0.39 is 24.2 Å². The third-order valence-corrected chi connectivity index (χ3v) is 0.995. The first kappa shape index (κ1) is 17.3. The number of esters is 1. The van der Waals surface area contributed by atoms with Crippen molar-refractivity contribution in [3.05, 3.63) is 24.3 Å². The average molecular weight is 246 g/mol. The fourth-order valence-electron chi connectivity index (χ4n) is 0.398. The Morgan fingerprint density at radius 1 is 1.18 bits per heavy atom. The first-order chi connectivity index (χ1) is 7.66. The number of rotatable bonds is 4. The lowest BCUT2D eigenvalue weighted by molar-refractivity contribution is -0.159. The molecule has 0 rings (SSSR count). The molecule has 0 fully saturated rings. The maximum atomic E-state index is 10.5. The van der Waals surface area contributed by atoms with E-state index in [-0.39, 0.29) is 5.57 Å². The highest BCUT2D eigenvalue weighted by molar-refractivity contribution is 5.89. The standard InChI is InChI=1S/C6H10O3.C4H4O4/c1-4(2)6(8)9-5(3)7;5-3(6)1-2-4(7)8/h5,7H,1H2,2-3H3;1-2H,(H,5,6)(H,7,8)/b;2-1+. The van der Waals surface area contributed by atoms with Gasteiger partial charge in [-0.1, -0.05) is 6.58 Å². The largest absolute Gasteiger partial charge is 0.478 e. The molecule has 96 valence electrons. The minimum absolute atomic E-state index is 0.288. The third kappa shape index (κ3) is 16.5. The van der Waals surface area contributed by atoms with Gasteiger partial charge < -0.3 is 20.1 Å². The van der Waals surface area contributed by atoms with Gasteiger partial charge in [0.15, 0.2) is 6.29 Å². The van der Waals surface area contributed by atoms with Crippen molar-refractivity contribution in [2.45, 2.75) is 20.1 Å². The van der Waals surface area contributed by atoms with Crippen molar-refractivity contribution in [3.8, 4) is 0 Å². The minimum Gasteiger partial charge on any atom is -0.478 e. The van der Waals surface area contributed by atoms with E-state index in [4.69, 9.17) is 15.3 Å². The van der Waals surface area contributed by atoms with Gasteiger partial charge in [0.05, 0.1) is 0 Å². The molecule has 0 aliphatic heterocycles. The Morgan fingerprint density at radius 2 is 1.53 bits per heavy atom. The van der Waals surface area contributed by atoms with Gasteiger partial charge in [-0.15, -0.1) is 0 Å². The van der Waals surface area contributed by atoms with Crippen LogP contribution in [0.1, 0.15) is 13.8 Å². The Labute approximate surface area is 97.6 Å². The van der Waals surface area contributed by atoms with E-state index in [9.17, 15) is 14.4 Å². The highest BCUT2D eigenvalue weighted by Gasteiger charge is 2.04. The summed E-state index contributed by atoms with van der Waals surface area (Å²) in [6.45, 7) is 6.20. The maximum absolute atomic E-state index is 10.5. The first-order valence-electron chi connectivity index (χ1n) is 4.35. The molecule has 1 unspecified atom stereocenters. The number of aliphatic carboxylic acids is 2. The molecule has 0 bridgehead atoms. The summed E-state index contributed by atoms with van der Waals surface area (Å²) in [7, 11) is 0. The topological polar surface area (TPSA) is 121 Å². The van der Waals surface area contributed by atoms with Crippen LogP contribution in [0, 0.1) is 0 Å². The quantitative estimate of drug-likeness (QED) is 0.367. The summed E-state index contributed by atoms with van der Waals surface area (Å²) in [5.41, 5.74) is 0.288. The highest BCUT2D eigenvalue weighted by Crippen LogP contribution is 1.94. The SMILES string of the molecule is C=C(C)C(=O)OC(C)O.O=C(O)/C=C/C(=O)O. The lowest BCUT2D eigenvalue weighted by Gasteiger charge is -2.04. The molecular weight excluding hydrogens is 232 g/mol. The minimum atomic E-state index is -1.26. The van der Waals surface area contributed by atoms with Crippen LogP contribution in [-0.4, -0.2) is 39.5 Å². The molecule has 0 aromatic heterocycles. The second-order valence-electron chi connectivity index (χ2n) is 2.79. The molecule has 0 aromatic rings. The molecule has 0 spiro atoms. The average Bonchev–Trinajstić information content (AvgIpc) is 2.14. The summed E-state index contributed by atoms with van der Waals surface area (Å²) in [6, 6.07) is 0. The molecule has 0 aromatic carbocycles. The van der Waals surface area contributed by atoms with Gasteiger partial charge in [0.2, 0.25) is 0 Å². The van der Waals surface area contributed by atoms with Crippen molar-refractivity contribution in [2.24, 2.45) is 0 Å². The number of aliphatic hydroxyl groups is 1. The first-order valence-corrected chi connectivity index (χ1v) is 4.35. The van der Waals surface area contributed by atoms with E-state index in [1.807, 2.05) is 0 Å². The molecule has 17 heavy (non-hydrogen) atoms. The van der Waals surface area contributed by atoms with Crippen molar-refractivity contribution in [1.82, 2.24) is 0 Å². The van der Waals surface area contributed by atoms with Crippen LogP contribution in [0.2, 0.25) is 0 Å². The summed E-state index contributed by atoms with van der Waals surface area (Å²) in [5, 5.41) is 24.1. The number of carboxylic acid groups (broad SMARTS) is 2. The van der Waals surface area contributed by atoms with E-state index in [2.05, 4.69) is 11.3 Å². The van der Waals surface area contributed by atoms with Crippen molar-refractivity contribution < 1.29 is 34.4 Å². The van der Waals surface area contributed by atoms with Crippen molar-refractivity contribution in [1.29, 1.82) is 0 Å². The lowest BCUT2D eigenvalue weighted by Crippen LogP contribution is -2.13. The Hall–Kier alpha value is -2.15. The molecule has 7 heteroatoms. The van der Waals surface area contributed by atoms with E-state index in [1.54, 1.807) is 0 Å². The van der Waals surface area contributed by atoms with Crippen LogP contribution in [0.4, 0.5) is 0 Å². The normalized spacial score (nSPS) is 11.0. The monoisotopic (exact) mass is 246 g/mol. The van der Waals surface area contributed by atoms with Crippen LogP contribution in [0.5, 0.6) is 0 Å². The molecule has 3 N–H and O–H groups in total. The zero-order valence-electron chi connectivity index (χ0n) is 9.41. The summed E-state index contributed by atoms with van der Waals surface area (Å²) < 4.78 is 4.33. The fraction of sp³-hybridized carbons (Fsp3) is 0.300. The second-order valence-corrected chi connectivity index (χ2v) is 2.79. The van der Waals surface area contributed by atoms with E-state index in [0.717, 1.165) is 0 Å². The molecule has 0 saturated carbocycles. The predicted octanol–water partition coefficient (Wildman–Crippen LogP) is 0.156. The van der Waals surface area contributed by atoms with Crippen LogP contribution in [0.15, 0.2) is 24.3 Å². The molecule has 0 aliphatic carbocycles. The van der Waals surface area contributed by atoms with Crippen LogP contribution in [-0.2, 0) is 19.1 Å². The van der Waals surface area contributed by atoms with Gasteiger partial charge >= 0.3 is 17.9 Å². The summed E-state index contributed by atoms with van der Waals surface area (Å²) in [4.78, 5) is 29.6. The highest BCUT2D eigenvalue weighted by atomic mass is 16.6. The van der Waals surface area contributed by atoms with Crippen LogP contribution in [0.25, 0.3) is 0 Å². The molecule has 7 nitrogen and oxygen atoms in total. The van der Waals surface area contributed by atoms with Gasteiger partial charge in [0.1, 0.15) is 0 Å². The number of carbonyl (C=O) groups excluding carboxylic acids is 1. The number of carboxylic acids is 2. The fourth-order valence-corrected chi connectivity index (χ4v) is 0.398. The Kier molecular flexibility index (Phi) is 9.24. The second kappa shape index (κ2) is 9.10. The van der Waals surface area contributed by atoms with Gasteiger partial charge in [0, 0.05) is 17.7 Å². The van der Waals surface area contributed by atoms with Gasteiger partial charge in [0.25, 0.3) is 0 Å². The van der Waals surface area contributed by atoms with Crippen molar-refractivity contribution >= 4 is 17.9 Å². The zero-order chi connectivity index (χ0) is 14.0. The summed E-state index contributed by atoms with van der Waals surface area (Å²) in [6.07, 6.45) is 0.0687. The molecule has 0 saturated heterocycles. The number of hydrogen-bond acceptors (Lipinski definition) is 5. The van der Waals surface area contributed by atoms with Gasteiger partial charge in [-0.2, -0.15) is 0 Å². The lowest BCUT2D eigenvalue weighted by atomic mass is 10.4. The summed E-state index contributed by atoms with van der Waals surface area (Å²) >= 11 is 0. The Morgan fingerprint density at radius 3 is 1.65 bits per heavy atom. The molecular formula is C10H14O7. The third-order valence-electron chi connectivity index (χ3n) is 0.995. The number of ether oxygens (including phenoxy) is 1.